The van der Waals surface area contributed by atoms with Crippen LogP contribution in [0.2, 0.25) is 0 Å². The quantitative estimate of drug-likeness (QED) is 0.278. The molecule has 1 saturated carbocycles. The van der Waals surface area contributed by atoms with Crippen LogP contribution in [0.15, 0.2) is 53.4 Å². The molecule has 1 aliphatic carbocycles. The standard InChI is InChI=1S/C23H29F3N4O5S3/c1-16(15-36-20-7-3-2-4-8-20)37(32,33)30-19-6-5-9-21(14-19)38(34,35)29-18-12-10-17(11-13-18)27-28-22(31)23(24,25)26/h5-6,9-14,16,20,27,29-30H,2-4,7-8,15H2,1H3,(H,28,31). The minimum Gasteiger partial charge on any atom is -0.298 e. The summed E-state index contributed by atoms with van der Waals surface area (Å²) >= 11 is 1.66. The third-order valence-corrected chi connectivity index (χ3v) is 10.7. The van der Waals surface area contributed by atoms with Gasteiger partial charge in [0.25, 0.3) is 10.0 Å². The number of nitrogens with one attached hydrogen (secondary N) is 4. The van der Waals surface area contributed by atoms with Crippen molar-refractivity contribution in [3.05, 3.63) is 48.5 Å². The number of hydrazine groups is 1. The van der Waals surface area contributed by atoms with Crippen LogP contribution in [0, 0.1) is 0 Å². The minimum atomic E-state index is -5.06. The van der Waals surface area contributed by atoms with Crippen LogP contribution in [-0.4, -0.2) is 45.2 Å². The van der Waals surface area contributed by atoms with Crippen LogP contribution in [-0.2, 0) is 24.8 Å². The lowest BCUT2D eigenvalue weighted by atomic mass is 10.0. The third kappa shape index (κ3) is 8.70. The molecule has 1 unspecified atom stereocenters. The van der Waals surface area contributed by atoms with Gasteiger partial charge in [0, 0.05) is 22.4 Å². The highest BCUT2D eigenvalue weighted by molar-refractivity contribution is 8.01. The molecule has 0 saturated heterocycles. The van der Waals surface area contributed by atoms with Gasteiger partial charge in [-0.25, -0.2) is 16.8 Å². The third-order valence-electron chi connectivity index (χ3n) is 5.77. The van der Waals surface area contributed by atoms with E-state index in [0.29, 0.717) is 11.0 Å². The summed E-state index contributed by atoms with van der Waals surface area (Å²) in [6.45, 7) is 1.62. The second kappa shape index (κ2) is 12.5. The molecule has 1 aliphatic rings. The van der Waals surface area contributed by atoms with Crippen LogP contribution in [0.1, 0.15) is 39.0 Å². The van der Waals surface area contributed by atoms with Crippen molar-refractivity contribution in [1.82, 2.24) is 5.43 Å². The second-order valence-corrected chi connectivity index (χ2v) is 14.0. The summed E-state index contributed by atoms with van der Waals surface area (Å²) in [5.41, 5.74) is 3.83. The van der Waals surface area contributed by atoms with Gasteiger partial charge in [0.15, 0.2) is 0 Å². The Kier molecular flexibility index (Phi) is 9.81. The Morgan fingerprint density at radius 1 is 0.947 bits per heavy atom. The Balaban J connectivity index is 1.60. The summed E-state index contributed by atoms with van der Waals surface area (Å²) < 4.78 is 92.9. The van der Waals surface area contributed by atoms with Crippen molar-refractivity contribution in [2.45, 2.75) is 60.6 Å². The van der Waals surface area contributed by atoms with Gasteiger partial charge in [0.05, 0.1) is 15.8 Å². The monoisotopic (exact) mass is 594 g/mol. The second-order valence-electron chi connectivity index (χ2n) is 8.84. The van der Waals surface area contributed by atoms with Crippen molar-refractivity contribution in [2.24, 2.45) is 0 Å². The normalized spacial score (nSPS) is 15.9. The molecule has 1 atom stereocenters. The van der Waals surface area contributed by atoms with E-state index in [1.165, 1.54) is 60.4 Å². The number of amides is 1. The molecule has 0 bridgehead atoms. The van der Waals surface area contributed by atoms with Crippen molar-refractivity contribution < 1.29 is 34.8 Å². The van der Waals surface area contributed by atoms with E-state index in [1.807, 2.05) is 0 Å². The maximum atomic E-state index is 12.9. The summed E-state index contributed by atoms with van der Waals surface area (Å²) in [6.07, 6.45) is 0.656. The number of hydrogen-bond acceptors (Lipinski definition) is 7. The largest absolute Gasteiger partial charge is 0.472 e. The number of sulfonamides is 2. The molecule has 0 aliphatic heterocycles. The van der Waals surface area contributed by atoms with Gasteiger partial charge in [-0.15, -0.1) is 0 Å². The molecule has 2 aromatic carbocycles. The number of rotatable bonds is 11. The highest BCUT2D eigenvalue weighted by Gasteiger charge is 2.38. The first-order valence-corrected chi connectivity index (χ1v) is 15.8. The maximum absolute atomic E-state index is 12.9. The fourth-order valence-electron chi connectivity index (χ4n) is 3.62. The summed E-state index contributed by atoms with van der Waals surface area (Å²) in [7, 11) is -7.88. The van der Waals surface area contributed by atoms with Gasteiger partial charge in [-0.3, -0.25) is 25.1 Å². The number of thioether (sulfide) groups is 1. The van der Waals surface area contributed by atoms with E-state index in [-0.39, 0.29) is 22.0 Å². The van der Waals surface area contributed by atoms with Crippen LogP contribution >= 0.6 is 11.8 Å². The molecule has 9 nitrogen and oxygen atoms in total. The van der Waals surface area contributed by atoms with Gasteiger partial charge in [0.1, 0.15) is 0 Å². The first kappa shape index (κ1) is 29.9. The number of hydrogen-bond donors (Lipinski definition) is 4. The van der Waals surface area contributed by atoms with Crippen molar-refractivity contribution in [2.75, 3.05) is 20.6 Å². The van der Waals surface area contributed by atoms with E-state index in [1.54, 1.807) is 18.7 Å². The average Bonchev–Trinajstić information content (AvgIpc) is 2.86. The van der Waals surface area contributed by atoms with Crippen molar-refractivity contribution >= 4 is 54.8 Å². The zero-order valence-corrected chi connectivity index (χ0v) is 22.9. The Morgan fingerprint density at radius 2 is 1.58 bits per heavy atom. The van der Waals surface area contributed by atoms with Crippen LogP contribution in [0.3, 0.4) is 0 Å². The predicted octanol–water partition coefficient (Wildman–Crippen LogP) is 4.69. The molecule has 0 radical (unpaired) electrons. The van der Waals surface area contributed by atoms with E-state index in [2.05, 4.69) is 14.9 Å². The average molecular weight is 595 g/mol. The Bertz CT molecular complexity index is 1310. The Morgan fingerprint density at radius 3 is 2.21 bits per heavy atom. The minimum absolute atomic E-state index is 0.0812. The van der Waals surface area contributed by atoms with Crippen molar-refractivity contribution in [3.8, 4) is 0 Å². The Labute approximate surface area is 224 Å². The first-order valence-electron chi connectivity index (χ1n) is 11.8. The number of benzene rings is 2. The van der Waals surface area contributed by atoms with Gasteiger partial charge in [-0.1, -0.05) is 25.3 Å². The first-order chi connectivity index (χ1) is 17.8. The van der Waals surface area contributed by atoms with Crippen LogP contribution in [0.4, 0.5) is 30.2 Å². The summed E-state index contributed by atoms with van der Waals surface area (Å²) in [5.74, 6) is -1.75. The number of halogens is 3. The topological polar surface area (TPSA) is 133 Å². The molecule has 0 aromatic heterocycles. The number of carbonyl (C=O) groups excluding carboxylic acids is 1. The molecule has 0 spiro atoms. The highest BCUT2D eigenvalue weighted by atomic mass is 32.2. The zero-order valence-electron chi connectivity index (χ0n) is 20.4. The van der Waals surface area contributed by atoms with Crippen molar-refractivity contribution in [3.63, 3.8) is 0 Å². The molecule has 4 N–H and O–H groups in total. The van der Waals surface area contributed by atoms with E-state index < -0.39 is 37.4 Å². The molecule has 210 valence electrons. The molecule has 2 aromatic rings. The molecule has 0 heterocycles. The molecule has 3 rings (SSSR count). The van der Waals surface area contributed by atoms with E-state index >= 15 is 0 Å². The SMILES string of the molecule is CC(CSC1CCCCC1)S(=O)(=O)Nc1cccc(S(=O)(=O)Nc2ccc(NNC(=O)C(F)(F)F)cc2)c1. The number of anilines is 3. The lowest BCUT2D eigenvalue weighted by molar-refractivity contribution is -0.173. The van der Waals surface area contributed by atoms with Gasteiger partial charge >= 0.3 is 12.1 Å². The number of alkyl halides is 3. The van der Waals surface area contributed by atoms with Gasteiger partial charge in [-0.2, -0.15) is 24.9 Å². The van der Waals surface area contributed by atoms with E-state index in [4.69, 9.17) is 0 Å². The smallest absolute Gasteiger partial charge is 0.298 e. The van der Waals surface area contributed by atoms with E-state index in [0.717, 1.165) is 25.7 Å². The molecule has 38 heavy (non-hydrogen) atoms. The molecular weight excluding hydrogens is 565 g/mol. The van der Waals surface area contributed by atoms with Crippen LogP contribution < -0.4 is 20.3 Å². The molecular formula is C23H29F3N4O5S3. The van der Waals surface area contributed by atoms with E-state index in [9.17, 15) is 34.8 Å². The summed E-state index contributed by atoms with van der Waals surface area (Å²) in [6, 6.07) is 10.4. The fourth-order valence-corrected chi connectivity index (χ4v) is 7.54. The lowest BCUT2D eigenvalue weighted by Gasteiger charge is -2.23. The maximum Gasteiger partial charge on any atom is 0.472 e. The Hall–Kier alpha value is -2.65. The molecule has 15 heteroatoms. The van der Waals surface area contributed by atoms with Crippen molar-refractivity contribution in [1.29, 1.82) is 0 Å². The van der Waals surface area contributed by atoms with Gasteiger partial charge in [0.2, 0.25) is 10.0 Å². The van der Waals surface area contributed by atoms with Gasteiger partial charge < -0.3 is 0 Å². The summed E-state index contributed by atoms with van der Waals surface area (Å²) in [4.78, 5) is 10.7. The summed E-state index contributed by atoms with van der Waals surface area (Å²) in [5, 5.41) is -0.217. The van der Waals surface area contributed by atoms with Gasteiger partial charge in [-0.05, 0) is 62.2 Å². The lowest BCUT2D eigenvalue weighted by Crippen LogP contribution is -2.40. The molecule has 1 amide bonds. The fraction of sp³-hybridized carbons (Fsp3) is 0.435. The highest BCUT2D eigenvalue weighted by Crippen LogP contribution is 2.30. The zero-order chi connectivity index (χ0) is 28.0. The molecule has 1 fully saturated rings. The number of carbonyl (C=O) groups is 1. The van der Waals surface area contributed by atoms with Crippen LogP contribution in [0.5, 0.6) is 0 Å². The predicted molar refractivity (Wildman–Crippen MR) is 143 cm³/mol. The van der Waals surface area contributed by atoms with Crippen LogP contribution in [0.25, 0.3) is 0 Å².